The molecule has 4 aromatic rings. The van der Waals surface area contributed by atoms with E-state index in [0.717, 1.165) is 28.2 Å². The average Bonchev–Trinajstić information content (AvgIpc) is 3.16. The van der Waals surface area contributed by atoms with Crippen LogP contribution in [-0.4, -0.2) is 24.5 Å². The van der Waals surface area contributed by atoms with Crippen LogP contribution in [0.2, 0.25) is 0 Å². The number of imidazole rings is 1. The van der Waals surface area contributed by atoms with Crippen molar-refractivity contribution in [1.29, 1.82) is 0 Å². The molecule has 2 heterocycles. The minimum atomic E-state index is 0.874. The third-order valence-corrected chi connectivity index (χ3v) is 3.75. The van der Waals surface area contributed by atoms with Crippen LogP contribution in [0.5, 0.6) is 0 Å². The summed E-state index contributed by atoms with van der Waals surface area (Å²) in [7, 11) is 1.87. The second kappa shape index (κ2) is 5.53. The minimum absolute atomic E-state index is 0.874. The fraction of sp³-hybridized carbons (Fsp3) is 0.0556. The van der Waals surface area contributed by atoms with Crippen LogP contribution in [-0.2, 0) is 7.05 Å². The van der Waals surface area contributed by atoms with Crippen LogP contribution >= 0.6 is 0 Å². The van der Waals surface area contributed by atoms with Crippen LogP contribution in [0.15, 0.2) is 60.8 Å². The minimum Gasteiger partial charge on any atom is -0.293 e. The van der Waals surface area contributed by atoms with Crippen molar-refractivity contribution in [3.05, 3.63) is 72.3 Å². The monoisotopic (exact) mass is 301 g/mol. The fourth-order valence-corrected chi connectivity index (χ4v) is 2.61. The van der Waals surface area contributed by atoms with Gasteiger partial charge in [-0.25, -0.2) is 9.67 Å². The summed E-state index contributed by atoms with van der Waals surface area (Å²) >= 11 is 0. The van der Waals surface area contributed by atoms with Crippen molar-refractivity contribution in [2.45, 2.75) is 0 Å². The molecule has 5 heteroatoms. The van der Waals surface area contributed by atoms with Gasteiger partial charge in [0.15, 0.2) is 0 Å². The van der Waals surface area contributed by atoms with Gasteiger partial charge >= 0.3 is 0 Å². The summed E-state index contributed by atoms with van der Waals surface area (Å²) in [6.45, 7) is 0. The summed E-state index contributed by atoms with van der Waals surface area (Å²) < 4.78 is 3.88. The largest absolute Gasteiger partial charge is 0.293 e. The maximum atomic E-state index is 4.74. The van der Waals surface area contributed by atoms with Crippen molar-refractivity contribution < 1.29 is 0 Å². The molecule has 2 aromatic carbocycles. The molecule has 0 aliphatic heterocycles. The van der Waals surface area contributed by atoms with E-state index >= 15 is 0 Å². The van der Waals surface area contributed by atoms with Crippen molar-refractivity contribution in [1.82, 2.24) is 24.5 Å². The molecule has 0 radical (unpaired) electrons. The number of rotatable bonds is 3. The average molecular weight is 301 g/mol. The Morgan fingerprint density at radius 2 is 1.70 bits per heavy atom. The molecule has 0 spiro atoms. The van der Waals surface area contributed by atoms with E-state index < -0.39 is 0 Å². The van der Waals surface area contributed by atoms with Crippen LogP contribution in [0.3, 0.4) is 0 Å². The SMILES string of the molecule is Cn1nncc1C=Cc1nc2ccccc2n1-c1ccccc1. The number of hydrogen-bond donors (Lipinski definition) is 0. The molecule has 0 aliphatic rings. The van der Waals surface area contributed by atoms with Gasteiger partial charge in [-0.3, -0.25) is 4.57 Å². The van der Waals surface area contributed by atoms with Crippen LogP contribution < -0.4 is 0 Å². The molecule has 0 bridgehead atoms. The predicted molar refractivity (Wildman–Crippen MR) is 91.0 cm³/mol. The lowest BCUT2D eigenvalue weighted by molar-refractivity contribution is 0.709. The molecule has 0 N–H and O–H groups in total. The molecule has 0 unspecified atom stereocenters. The Morgan fingerprint density at radius 3 is 2.48 bits per heavy atom. The van der Waals surface area contributed by atoms with E-state index in [4.69, 9.17) is 4.98 Å². The molecular weight excluding hydrogens is 286 g/mol. The second-order valence-corrected chi connectivity index (χ2v) is 5.25. The molecule has 0 amide bonds. The number of hydrogen-bond acceptors (Lipinski definition) is 3. The van der Waals surface area contributed by atoms with Crippen LogP contribution in [0.25, 0.3) is 28.9 Å². The van der Waals surface area contributed by atoms with E-state index in [2.05, 4.69) is 33.1 Å². The van der Waals surface area contributed by atoms with Crippen LogP contribution in [0.4, 0.5) is 0 Å². The summed E-state index contributed by atoms with van der Waals surface area (Å²) in [5.41, 5.74) is 4.07. The smallest absolute Gasteiger partial charge is 0.138 e. The second-order valence-electron chi connectivity index (χ2n) is 5.25. The molecule has 0 saturated carbocycles. The highest BCUT2D eigenvalue weighted by Crippen LogP contribution is 2.22. The first-order chi connectivity index (χ1) is 11.3. The topological polar surface area (TPSA) is 48.5 Å². The Balaban J connectivity index is 1.89. The van der Waals surface area contributed by atoms with Gasteiger partial charge in [0.2, 0.25) is 0 Å². The normalized spacial score (nSPS) is 11.5. The summed E-state index contributed by atoms with van der Waals surface area (Å²) in [5.74, 6) is 0.874. The van der Waals surface area contributed by atoms with Crippen molar-refractivity contribution in [2.24, 2.45) is 7.05 Å². The van der Waals surface area contributed by atoms with Crippen molar-refractivity contribution in [2.75, 3.05) is 0 Å². The number of aromatic nitrogens is 5. The molecule has 23 heavy (non-hydrogen) atoms. The van der Waals surface area contributed by atoms with Gasteiger partial charge in [0.1, 0.15) is 5.82 Å². The number of aryl methyl sites for hydroxylation is 1. The predicted octanol–water partition coefficient (Wildman–Crippen LogP) is 3.32. The van der Waals surface area contributed by atoms with Gasteiger partial charge in [-0.1, -0.05) is 35.5 Å². The lowest BCUT2D eigenvalue weighted by Gasteiger charge is -2.06. The third kappa shape index (κ3) is 2.42. The fourth-order valence-electron chi connectivity index (χ4n) is 2.61. The third-order valence-electron chi connectivity index (χ3n) is 3.75. The van der Waals surface area contributed by atoms with Gasteiger partial charge < -0.3 is 0 Å². The van der Waals surface area contributed by atoms with Gasteiger partial charge in [-0.2, -0.15) is 0 Å². The first-order valence-electron chi connectivity index (χ1n) is 7.38. The molecule has 5 nitrogen and oxygen atoms in total. The van der Waals surface area contributed by atoms with Gasteiger partial charge in [-0.05, 0) is 36.4 Å². The van der Waals surface area contributed by atoms with Crippen molar-refractivity contribution in [3.63, 3.8) is 0 Å². The molecule has 0 fully saturated rings. The molecular formula is C18H15N5. The molecule has 0 saturated heterocycles. The number of para-hydroxylation sites is 3. The summed E-state index contributed by atoms with van der Waals surface area (Å²) in [5, 5.41) is 7.83. The first kappa shape index (κ1) is 13.5. The Kier molecular flexibility index (Phi) is 3.24. The zero-order valence-electron chi connectivity index (χ0n) is 12.7. The molecule has 0 atom stereocenters. The number of benzene rings is 2. The summed E-state index contributed by atoms with van der Waals surface area (Å²) in [6, 6.07) is 18.4. The number of nitrogens with zero attached hydrogens (tertiary/aromatic N) is 5. The maximum absolute atomic E-state index is 4.74. The lowest BCUT2D eigenvalue weighted by Crippen LogP contribution is -1.97. The number of fused-ring (bicyclic) bond motifs is 1. The Hall–Kier alpha value is -3.21. The quantitative estimate of drug-likeness (QED) is 0.583. The Labute approximate surface area is 133 Å². The highest BCUT2D eigenvalue weighted by molar-refractivity contribution is 5.81. The zero-order chi connectivity index (χ0) is 15.6. The maximum Gasteiger partial charge on any atom is 0.138 e. The highest BCUT2D eigenvalue weighted by Gasteiger charge is 2.09. The molecule has 2 aromatic heterocycles. The van der Waals surface area contributed by atoms with Gasteiger partial charge in [0.25, 0.3) is 0 Å². The Morgan fingerprint density at radius 1 is 0.913 bits per heavy atom. The molecule has 4 rings (SSSR count). The van der Waals surface area contributed by atoms with E-state index in [0.29, 0.717) is 0 Å². The van der Waals surface area contributed by atoms with E-state index in [1.807, 2.05) is 55.6 Å². The van der Waals surface area contributed by atoms with Gasteiger partial charge in [0.05, 0.1) is 22.9 Å². The van der Waals surface area contributed by atoms with Crippen molar-refractivity contribution in [3.8, 4) is 5.69 Å². The standard InChI is InChI=1S/C18H15N5/c1-22-15(13-19-21-22)11-12-18-20-16-9-5-6-10-17(16)23(18)14-7-3-2-4-8-14/h2-13H,1H3. The van der Waals surface area contributed by atoms with Crippen LogP contribution in [0, 0.1) is 0 Å². The molecule has 0 aliphatic carbocycles. The van der Waals surface area contributed by atoms with Gasteiger partial charge in [-0.15, -0.1) is 5.10 Å². The van der Waals surface area contributed by atoms with E-state index in [1.165, 1.54) is 0 Å². The first-order valence-corrected chi connectivity index (χ1v) is 7.38. The van der Waals surface area contributed by atoms with E-state index in [1.54, 1.807) is 10.9 Å². The van der Waals surface area contributed by atoms with Crippen molar-refractivity contribution >= 4 is 23.2 Å². The van der Waals surface area contributed by atoms with Crippen LogP contribution in [0.1, 0.15) is 11.5 Å². The zero-order valence-corrected chi connectivity index (χ0v) is 12.7. The summed E-state index contributed by atoms with van der Waals surface area (Å²) in [6.07, 6.45) is 5.69. The molecule has 112 valence electrons. The highest BCUT2D eigenvalue weighted by atomic mass is 15.4. The lowest BCUT2D eigenvalue weighted by atomic mass is 10.2. The van der Waals surface area contributed by atoms with E-state index in [9.17, 15) is 0 Å². The Bertz CT molecular complexity index is 979. The summed E-state index contributed by atoms with van der Waals surface area (Å²) in [4.78, 5) is 4.74. The van der Waals surface area contributed by atoms with E-state index in [-0.39, 0.29) is 0 Å². The van der Waals surface area contributed by atoms with Gasteiger partial charge in [0, 0.05) is 12.7 Å².